The van der Waals surface area contributed by atoms with Crippen molar-refractivity contribution in [3.63, 3.8) is 0 Å². The van der Waals surface area contributed by atoms with Crippen LogP contribution in [0.3, 0.4) is 0 Å². The summed E-state index contributed by atoms with van der Waals surface area (Å²) in [4.78, 5) is 0. The zero-order valence-corrected chi connectivity index (χ0v) is 16.1. The highest BCUT2D eigenvalue weighted by molar-refractivity contribution is 7.06. The van der Waals surface area contributed by atoms with Crippen molar-refractivity contribution in [2.45, 2.75) is 39.3 Å². The summed E-state index contributed by atoms with van der Waals surface area (Å²) in [6.07, 6.45) is 0. The van der Waals surface area contributed by atoms with Crippen LogP contribution in [-0.4, -0.2) is 57.4 Å². The summed E-state index contributed by atoms with van der Waals surface area (Å²) in [5, 5.41) is 0. The van der Waals surface area contributed by atoms with Crippen LogP contribution in [0, 0.1) is 0 Å². The van der Waals surface area contributed by atoms with Crippen LogP contribution in [-0.2, 0) is 0 Å². The van der Waals surface area contributed by atoms with Gasteiger partial charge in [-0.25, -0.2) is 0 Å². The quantitative estimate of drug-likeness (QED) is 0.671. The van der Waals surface area contributed by atoms with Gasteiger partial charge in [-0.1, -0.05) is 39.3 Å². The predicted octanol–water partition coefficient (Wildman–Crippen LogP) is 0.602. The largest absolute Gasteiger partial charge is 0.354 e. The fourth-order valence-electron chi connectivity index (χ4n) is 0.971. The van der Waals surface area contributed by atoms with E-state index in [2.05, 4.69) is 61.8 Å². The topological polar surface area (TPSA) is 6.48 Å². The molecule has 0 rings (SSSR count). The van der Waals surface area contributed by atoms with E-state index in [1.54, 1.807) is 0 Å². The van der Waals surface area contributed by atoms with E-state index in [9.17, 15) is 0 Å². The third-order valence-corrected chi connectivity index (χ3v) is 23.5. The van der Waals surface area contributed by atoms with E-state index in [4.69, 9.17) is 0 Å². The van der Waals surface area contributed by atoms with E-state index >= 15 is 0 Å². The second kappa shape index (κ2) is 5.22. The first-order valence-electron chi connectivity index (χ1n) is 5.47. The molecule has 14 heavy (non-hydrogen) atoms. The lowest BCUT2D eigenvalue weighted by molar-refractivity contribution is 0.785. The Hall–Kier alpha value is 0.788. The minimum Gasteiger partial charge on any atom is -0.354 e. The summed E-state index contributed by atoms with van der Waals surface area (Å²) < 4.78 is 5.52. The fourth-order valence-corrected chi connectivity index (χ4v) is 22.6. The summed E-state index contributed by atoms with van der Waals surface area (Å²) in [7, 11) is 2.99. The molecule has 0 aromatic rings. The highest BCUT2D eigenvalue weighted by Gasteiger charge is 2.23. The van der Waals surface area contributed by atoms with Crippen molar-refractivity contribution in [1.82, 2.24) is 8.46 Å². The molecule has 6 heteroatoms. The predicted molar refractivity (Wildman–Crippen MR) is 79.3 cm³/mol. The van der Waals surface area contributed by atoms with Crippen molar-refractivity contribution < 1.29 is 0 Å². The molecule has 0 unspecified atom stereocenters. The molecule has 0 heterocycles. The highest BCUT2D eigenvalue weighted by atomic mass is 29.2. The number of rotatable bonds is 5. The molecule has 0 atom stereocenters. The van der Waals surface area contributed by atoms with Gasteiger partial charge in [0, 0.05) is 0 Å². The second-order valence-electron chi connectivity index (χ2n) is 6.18. The molecule has 0 radical (unpaired) electrons. The van der Waals surface area contributed by atoms with Crippen molar-refractivity contribution in [2.75, 3.05) is 14.1 Å². The summed E-state index contributed by atoms with van der Waals surface area (Å²) in [6, 6.07) is 0. The molecule has 0 aliphatic heterocycles. The zero-order chi connectivity index (χ0) is 11.6. The van der Waals surface area contributed by atoms with Gasteiger partial charge < -0.3 is 8.46 Å². The van der Waals surface area contributed by atoms with Crippen LogP contribution in [0.4, 0.5) is 0 Å². The van der Waals surface area contributed by atoms with Gasteiger partial charge in [0.25, 0.3) is 0 Å². The lowest BCUT2D eigenvalue weighted by atomic mass is 11.6. The highest BCUT2D eigenvalue weighted by Crippen LogP contribution is 2.07. The number of nitrogens with zero attached hydrogens (tertiary/aromatic N) is 2. The maximum absolute atomic E-state index is 2.76. The summed E-state index contributed by atoms with van der Waals surface area (Å²) in [6.45, 7) is 14.8. The van der Waals surface area contributed by atoms with E-state index in [0.717, 1.165) is 0 Å². The minimum absolute atomic E-state index is 0.0988. The van der Waals surface area contributed by atoms with Crippen LogP contribution in [0.2, 0.25) is 39.3 Å². The smallest absolute Gasteiger partial charge is 0.111 e. The molecule has 0 bridgehead atoms. The molecule has 0 spiro atoms. The van der Waals surface area contributed by atoms with Gasteiger partial charge in [0.15, 0.2) is 0 Å². The second-order valence-corrected chi connectivity index (χ2v) is 23.1. The summed E-state index contributed by atoms with van der Waals surface area (Å²) in [5.41, 5.74) is 0. The Morgan fingerprint density at radius 1 is 0.643 bits per heavy atom. The Labute approximate surface area is 96.8 Å². The van der Waals surface area contributed by atoms with Crippen LogP contribution >= 0.6 is 0 Å². The van der Waals surface area contributed by atoms with Crippen LogP contribution in [0.5, 0.6) is 0 Å². The molecule has 0 amide bonds. The lowest BCUT2D eigenvalue weighted by Gasteiger charge is -2.35. The third-order valence-electron chi connectivity index (χ3n) is 3.06. The molecule has 0 fully saturated rings. The Balaban J connectivity index is 3.96. The maximum atomic E-state index is 2.76. The third kappa shape index (κ3) is 5.62. The van der Waals surface area contributed by atoms with Gasteiger partial charge in [0.2, 0.25) is 0 Å². The van der Waals surface area contributed by atoms with Gasteiger partial charge in [-0.15, -0.1) is 0 Å². The van der Waals surface area contributed by atoms with E-state index in [1.165, 1.54) is 0 Å². The molecule has 0 saturated heterocycles. The van der Waals surface area contributed by atoms with Crippen molar-refractivity contribution in [3.05, 3.63) is 0 Å². The maximum Gasteiger partial charge on any atom is 0.111 e. The standard InChI is InChI=1S/C8H28N2Si4/c1-9(13(3,4)5)11-12-10(2)14(6,7)8/h11-12H2,1-8H3. The molecule has 0 aromatic carbocycles. The van der Waals surface area contributed by atoms with Gasteiger partial charge in [-0.05, 0) is 14.1 Å². The van der Waals surface area contributed by atoms with Gasteiger partial charge in [0.05, 0.1) is 18.4 Å². The van der Waals surface area contributed by atoms with Crippen LogP contribution < -0.4 is 0 Å². The summed E-state index contributed by atoms with van der Waals surface area (Å²) in [5.74, 6) is 0. The molecule has 2 nitrogen and oxygen atoms in total. The van der Waals surface area contributed by atoms with Gasteiger partial charge in [0.1, 0.15) is 16.5 Å². The van der Waals surface area contributed by atoms with Crippen molar-refractivity contribution in [1.29, 1.82) is 0 Å². The number of hydrogen-bond acceptors (Lipinski definition) is 2. The molecular weight excluding hydrogens is 236 g/mol. The van der Waals surface area contributed by atoms with Crippen molar-refractivity contribution >= 4 is 34.9 Å². The van der Waals surface area contributed by atoms with Gasteiger partial charge >= 0.3 is 0 Å². The molecule has 0 saturated carbocycles. The van der Waals surface area contributed by atoms with E-state index in [0.29, 0.717) is 0 Å². The first-order valence-corrected chi connectivity index (χ1v) is 17.6. The van der Waals surface area contributed by atoms with Crippen LogP contribution in [0.1, 0.15) is 0 Å². The van der Waals surface area contributed by atoms with E-state index in [-0.39, 0.29) is 18.4 Å². The molecular formula is C8H28N2Si4. The van der Waals surface area contributed by atoms with E-state index in [1.807, 2.05) is 0 Å². The van der Waals surface area contributed by atoms with Crippen LogP contribution in [0.15, 0.2) is 0 Å². The molecule has 0 aromatic heterocycles. The molecule has 0 aliphatic carbocycles. The first kappa shape index (κ1) is 14.8. The Morgan fingerprint density at radius 2 is 0.857 bits per heavy atom. The average Bonchev–Trinajstić information content (AvgIpc) is 1.95. The molecule has 0 aliphatic rings. The average molecular weight is 265 g/mol. The van der Waals surface area contributed by atoms with Gasteiger partial charge in [-0.2, -0.15) is 0 Å². The Bertz CT molecular complexity index is 153. The van der Waals surface area contributed by atoms with Crippen molar-refractivity contribution in [3.8, 4) is 0 Å². The first-order chi connectivity index (χ1) is 6.05. The monoisotopic (exact) mass is 264 g/mol. The molecule has 86 valence electrons. The minimum atomic E-state index is -0.968. The Morgan fingerprint density at radius 3 is 1.00 bits per heavy atom. The normalized spacial score (nSPS) is 15.9. The number of hydrogen-bond donors (Lipinski definition) is 0. The van der Waals surface area contributed by atoms with Crippen LogP contribution in [0.25, 0.3) is 0 Å². The summed E-state index contributed by atoms with van der Waals surface area (Å²) >= 11 is 0. The van der Waals surface area contributed by atoms with Gasteiger partial charge in [-0.3, -0.25) is 0 Å². The lowest BCUT2D eigenvalue weighted by Crippen LogP contribution is -2.54. The molecule has 0 N–H and O–H groups in total. The van der Waals surface area contributed by atoms with E-state index < -0.39 is 16.5 Å². The fraction of sp³-hybridized carbons (Fsp3) is 1.00. The Kier molecular flexibility index (Phi) is 5.51. The zero-order valence-electron chi connectivity index (χ0n) is 11.3. The van der Waals surface area contributed by atoms with Crippen molar-refractivity contribution in [2.24, 2.45) is 0 Å². The SMILES string of the molecule is CN([SiH2][SiH2]N(C)[Si](C)(C)C)[Si](C)(C)C.